The Hall–Kier alpha value is -0.630. The van der Waals surface area contributed by atoms with Crippen LogP contribution in [0.25, 0.3) is 0 Å². The number of rotatable bonds is 4. The molecule has 6 nitrogen and oxygen atoms in total. The summed E-state index contributed by atoms with van der Waals surface area (Å²) >= 11 is 5.57. The van der Waals surface area contributed by atoms with Crippen molar-refractivity contribution in [2.75, 3.05) is 32.2 Å². The maximum Gasteiger partial charge on any atom is 0.246 e. The van der Waals surface area contributed by atoms with Gasteiger partial charge in [0.1, 0.15) is 4.90 Å². The van der Waals surface area contributed by atoms with Crippen LogP contribution in [0.1, 0.15) is 0 Å². The highest BCUT2D eigenvalue weighted by Gasteiger charge is 2.27. The zero-order valence-electron chi connectivity index (χ0n) is 9.25. The third kappa shape index (κ3) is 2.79. The van der Waals surface area contributed by atoms with Crippen LogP contribution >= 0.6 is 11.6 Å². The van der Waals surface area contributed by atoms with Crippen LogP contribution in [0.15, 0.2) is 17.3 Å². The van der Waals surface area contributed by atoms with Gasteiger partial charge in [-0.15, -0.1) is 11.6 Å². The predicted molar refractivity (Wildman–Crippen MR) is 62.5 cm³/mol. The van der Waals surface area contributed by atoms with Crippen molar-refractivity contribution in [1.29, 1.82) is 0 Å². The minimum Gasteiger partial charge on any atom is -0.379 e. The van der Waals surface area contributed by atoms with Gasteiger partial charge in [0.15, 0.2) is 0 Å². The third-order valence-corrected chi connectivity index (χ3v) is 4.55. The van der Waals surface area contributed by atoms with Crippen molar-refractivity contribution >= 4 is 21.6 Å². The molecule has 1 fully saturated rings. The number of aryl methyl sites for hydroxylation is 1. The Bertz CT molecular complexity index is 468. The molecule has 0 saturated carbocycles. The van der Waals surface area contributed by atoms with E-state index in [1.807, 2.05) is 0 Å². The summed E-state index contributed by atoms with van der Waals surface area (Å²) in [6.07, 6.45) is 2.87. The van der Waals surface area contributed by atoms with Gasteiger partial charge in [-0.25, -0.2) is 8.42 Å². The number of halogens is 1. The second-order valence-electron chi connectivity index (χ2n) is 3.64. The number of sulfonamides is 1. The Labute approximate surface area is 105 Å². The quantitative estimate of drug-likeness (QED) is 0.736. The molecule has 0 radical (unpaired) electrons. The molecule has 0 atom stereocenters. The molecule has 1 saturated heterocycles. The second kappa shape index (κ2) is 5.34. The summed E-state index contributed by atoms with van der Waals surface area (Å²) in [6, 6.07) is 0. The van der Waals surface area contributed by atoms with Crippen molar-refractivity contribution < 1.29 is 13.2 Å². The first kappa shape index (κ1) is 12.8. The Balaban J connectivity index is 2.18. The summed E-state index contributed by atoms with van der Waals surface area (Å²) in [5.74, 6) is 0.402. The van der Waals surface area contributed by atoms with Crippen molar-refractivity contribution in [2.45, 2.75) is 11.4 Å². The highest BCUT2D eigenvalue weighted by atomic mass is 35.5. The van der Waals surface area contributed by atoms with Gasteiger partial charge in [-0.2, -0.15) is 9.40 Å². The van der Waals surface area contributed by atoms with E-state index in [1.165, 1.54) is 21.4 Å². The van der Waals surface area contributed by atoms with Gasteiger partial charge >= 0.3 is 0 Å². The van der Waals surface area contributed by atoms with E-state index < -0.39 is 10.0 Å². The van der Waals surface area contributed by atoms with E-state index in [-0.39, 0.29) is 4.90 Å². The number of alkyl halides is 1. The molecule has 2 rings (SSSR count). The van der Waals surface area contributed by atoms with E-state index in [0.29, 0.717) is 38.7 Å². The predicted octanol–water partition coefficient (Wildman–Crippen LogP) is 0.143. The molecule has 0 aromatic carbocycles. The lowest BCUT2D eigenvalue weighted by Crippen LogP contribution is -2.40. The molecule has 0 N–H and O–H groups in total. The second-order valence-corrected chi connectivity index (χ2v) is 5.96. The summed E-state index contributed by atoms with van der Waals surface area (Å²) in [5, 5.41) is 3.96. The Morgan fingerprint density at radius 1 is 1.41 bits per heavy atom. The van der Waals surface area contributed by atoms with E-state index in [0.717, 1.165) is 0 Å². The minimum atomic E-state index is -3.43. The maximum atomic E-state index is 12.2. The van der Waals surface area contributed by atoms with Crippen molar-refractivity contribution in [3.63, 3.8) is 0 Å². The summed E-state index contributed by atoms with van der Waals surface area (Å²) in [7, 11) is -3.43. The number of aromatic nitrogens is 2. The molecule has 0 unspecified atom stereocenters. The molecule has 8 heteroatoms. The molecule has 0 amide bonds. The molecule has 1 aromatic rings. The summed E-state index contributed by atoms with van der Waals surface area (Å²) in [6.45, 7) is 2.16. The lowest BCUT2D eigenvalue weighted by atomic mass is 10.5. The molecule has 2 heterocycles. The van der Waals surface area contributed by atoms with Gasteiger partial charge in [0.05, 0.1) is 26.0 Å². The fourth-order valence-corrected chi connectivity index (χ4v) is 3.16. The Morgan fingerprint density at radius 2 is 2.12 bits per heavy atom. The maximum absolute atomic E-state index is 12.2. The van der Waals surface area contributed by atoms with Gasteiger partial charge in [-0.05, 0) is 0 Å². The highest BCUT2D eigenvalue weighted by molar-refractivity contribution is 7.89. The van der Waals surface area contributed by atoms with Crippen LogP contribution in [0.4, 0.5) is 0 Å². The first-order chi connectivity index (χ1) is 8.14. The summed E-state index contributed by atoms with van der Waals surface area (Å²) in [5.41, 5.74) is 0. The van der Waals surface area contributed by atoms with Crippen molar-refractivity contribution in [2.24, 2.45) is 0 Å². The molecular weight excluding hydrogens is 266 g/mol. The van der Waals surface area contributed by atoms with Gasteiger partial charge in [-0.1, -0.05) is 0 Å². The van der Waals surface area contributed by atoms with E-state index in [2.05, 4.69) is 5.10 Å². The Morgan fingerprint density at radius 3 is 2.76 bits per heavy atom. The smallest absolute Gasteiger partial charge is 0.246 e. The largest absolute Gasteiger partial charge is 0.379 e. The van der Waals surface area contributed by atoms with Gasteiger partial charge < -0.3 is 4.74 Å². The first-order valence-electron chi connectivity index (χ1n) is 5.31. The fourth-order valence-electron chi connectivity index (χ4n) is 1.62. The number of ether oxygens (including phenoxy) is 1. The average molecular weight is 280 g/mol. The van der Waals surface area contributed by atoms with Gasteiger partial charge in [0.25, 0.3) is 0 Å². The number of hydrogen-bond donors (Lipinski definition) is 0. The molecule has 0 aliphatic carbocycles. The van der Waals surface area contributed by atoms with E-state index in [9.17, 15) is 8.42 Å². The first-order valence-corrected chi connectivity index (χ1v) is 7.28. The van der Waals surface area contributed by atoms with Crippen LogP contribution in [-0.4, -0.2) is 54.7 Å². The van der Waals surface area contributed by atoms with Crippen LogP contribution in [-0.2, 0) is 21.3 Å². The SMILES string of the molecule is O=S(=O)(c1cnn(CCCl)c1)N1CCOCC1. The van der Waals surface area contributed by atoms with Gasteiger partial charge in [0, 0.05) is 25.2 Å². The van der Waals surface area contributed by atoms with Crippen LogP contribution in [0.3, 0.4) is 0 Å². The van der Waals surface area contributed by atoms with Gasteiger partial charge in [-0.3, -0.25) is 4.68 Å². The number of nitrogens with zero attached hydrogens (tertiary/aromatic N) is 3. The van der Waals surface area contributed by atoms with Gasteiger partial charge in [0.2, 0.25) is 10.0 Å². The molecular formula is C9H14ClN3O3S. The van der Waals surface area contributed by atoms with Crippen LogP contribution in [0.2, 0.25) is 0 Å². The van der Waals surface area contributed by atoms with Crippen molar-refractivity contribution in [1.82, 2.24) is 14.1 Å². The van der Waals surface area contributed by atoms with Crippen molar-refractivity contribution in [3.8, 4) is 0 Å². The molecule has 96 valence electrons. The van der Waals surface area contributed by atoms with E-state index in [4.69, 9.17) is 16.3 Å². The summed E-state index contributed by atoms with van der Waals surface area (Å²) in [4.78, 5) is 0.213. The zero-order chi connectivity index (χ0) is 12.3. The van der Waals surface area contributed by atoms with Crippen LogP contribution in [0.5, 0.6) is 0 Å². The summed E-state index contributed by atoms with van der Waals surface area (Å²) < 4.78 is 32.5. The molecule has 1 aliphatic rings. The molecule has 0 bridgehead atoms. The zero-order valence-corrected chi connectivity index (χ0v) is 10.8. The number of hydrogen-bond acceptors (Lipinski definition) is 4. The molecule has 0 spiro atoms. The standard InChI is InChI=1S/C9H14ClN3O3S/c10-1-2-12-8-9(7-11-12)17(14,15)13-3-5-16-6-4-13/h7-8H,1-6H2. The normalized spacial score (nSPS) is 18.4. The highest BCUT2D eigenvalue weighted by Crippen LogP contribution is 2.16. The third-order valence-electron chi connectivity index (χ3n) is 2.53. The number of morpholine rings is 1. The molecule has 1 aliphatic heterocycles. The minimum absolute atomic E-state index is 0.213. The van der Waals surface area contributed by atoms with Crippen LogP contribution < -0.4 is 0 Å². The van der Waals surface area contributed by atoms with Crippen LogP contribution in [0, 0.1) is 0 Å². The molecule has 1 aromatic heterocycles. The average Bonchev–Trinajstić information content (AvgIpc) is 2.80. The van der Waals surface area contributed by atoms with E-state index >= 15 is 0 Å². The topological polar surface area (TPSA) is 64.4 Å². The van der Waals surface area contributed by atoms with E-state index in [1.54, 1.807) is 0 Å². The monoisotopic (exact) mass is 279 g/mol. The van der Waals surface area contributed by atoms with Crippen molar-refractivity contribution in [3.05, 3.63) is 12.4 Å². The lowest BCUT2D eigenvalue weighted by Gasteiger charge is -2.25. The fraction of sp³-hybridized carbons (Fsp3) is 0.667. The Kier molecular flexibility index (Phi) is 4.03. The molecule has 17 heavy (non-hydrogen) atoms. The lowest BCUT2D eigenvalue weighted by molar-refractivity contribution is 0.0730.